The van der Waals surface area contributed by atoms with Crippen molar-refractivity contribution in [1.82, 2.24) is 4.98 Å². The number of rotatable bonds is 4. The van der Waals surface area contributed by atoms with E-state index in [2.05, 4.69) is 11.6 Å². The minimum absolute atomic E-state index is 0.00608. The Morgan fingerprint density at radius 3 is 3.00 bits per heavy atom. The minimum atomic E-state index is -0.676. The number of allylic oxidation sites excluding steroid dienone is 1. The third kappa shape index (κ3) is 2.76. The zero-order valence-electron chi connectivity index (χ0n) is 8.63. The summed E-state index contributed by atoms with van der Waals surface area (Å²) in [5.41, 5.74) is 5.99. The first-order valence-corrected chi connectivity index (χ1v) is 5.07. The Bertz CT molecular complexity index is 364. The van der Waals surface area contributed by atoms with Crippen LogP contribution in [0.3, 0.4) is 0 Å². The minimum Gasteiger partial charge on any atom is -0.322 e. The molecule has 0 saturated carbocycles. The fourth-order valence-corrected chi connectivity index (χ4v) is 1.72. The van der Waals surface area contributed by atoms with Gasteiger partial charge in [0.15, 0.2) is 0 Å². The van der Waals surface area contributed by atoms with Crippen LogP contribution in [0.15, 0.2) is 24.9 Å². The number of hydrogen-bond donors (Lipinski definition) is 1. The molecule has 0 fully saturated rings. The monoisotopic (exact) mass is 228 g/mol. The average Bonchev–Trinajstić information content (AvgIpc) is 2.19. The molecule has 0 saturated heterocycles. The maximum Gasteiger partial charge on any atom is 0.231 e. The molecule has 2 nitrogen and oxygen atoms in total. The summed E-state index contributed by atoms with van der Waals surface area (Å²) in [6.07, 6.45) is 4.57. The molecule has 1 aromatic rings. The van der Waals surface area contributed by atoms with Crippen molar-refractivity contribution in [2.24, 2.45) is 5.73 Å². The molecule has 1 heterocycles. The molecule has 4 heteroatoms. The topological polar surface area (TPSA) is 38.9 Å². The van der Waals surface area contributed by atoms with Crippen LogP contribution in [0.2, 0.25) is 5.02 Å². The highest BCUT2D eigenvalue weighted by atomic mass is 35.5. The van der Waals surface area contributed by atoms with Gasteiger partial charge in [0.25, 0.3) is 0 Å². The summed E-state index contributed by atoms with van der Waals surface area (Å²) in [5, 5.41) is 0.00608. The molecular formula is C11H14ClFN2. The van der Waals surface area contributed by atoms with Crippen molar-refractivity contribution >= 4 is 11.6 Å². The highest BCUT2D eigenvalue weighted by Crippen LogP contribution is 2.30. The van der Waals surface area contributed by atoms with Crippen molar-refractivity contribution < 1.29 is 4.39 Å². The van der Waals surface area contributed by atoms with Crippen molar-refractivity contribution in [3.05, 3.63) is 41.5 Å². The van der Waals surface area contributed by atoms with Gasteiger partial charge in [-0.2, -0.15) is 4.39 Å². The van der Waals surface area contributed by atoms with Gasteiger partial charge >= 0.3 is 0 Å². The van der Waals surface area contributed by atoms with Crippen molar-refractivity contribution in [2.75, 3.05) is 0 Å². The van der Waals surface area contributed by atoms with E-state index < -0.39 is 11.5 Å². The molecule has 2 N–H and O–H groups in total. The van der Waals surface area contributed by atoms with E-state index in [1.165, 1.54) is 6.20 Å². The lowest BCUT2D eigenvalue weighted by molar-refractivity contribution is 0.451. The Morgan fingerprint density at radius 1 is 1.73 bits per heavy atom. The zero-order chi connectivity index (χ0) is 11.5. The van der Waals surface area contributed by atoms with Gasteiger partial charge in [0.2, 0.25) is 5.95 Å². The van der Waals surface area contributed by atoms with E-state index >= 15 is 0 Å². The zero-order valence-corrected chi connectivity index (χ0v) is 9.39. The van der Waals surface area contributed by atoms with Crippen LogP contribution in [0, 0.1) is 5.95 Å². The van der Waals surface area contributed by atoms with Crippen LogP contribution in [0.1, 0.15) is 25.3 Å². The van der Waals surface area contributed by atoms with Crippen LogP contribution in [-0.2, 0) is 5.54 Å². The van der Waals surface area contributed by atoms with Crippen LogP contribution in [0.4, 0.5) is 4.39 Å². The van der Waals surface area contributed by atoms with Crippen LogP contribution < -0.4 is 5.73 Å². The summed E-state index contributed by atoms with van der Waals surface area (Å²) < 4.78 is 13.1. The van der Waals surface area contributed by atoms with Gasteiger partial charge < -0.3 is 5.73 Å². The molecule has 0 aliphatic rings. The molecule has 1 rings (SSSR count). The number of nitrogens with two attached hydrogens (primary N) is 1. The van der Waals surface area contributed by atoms with Crippen LogP contribution >= 0.6 is 11.6 Å². The molecule has 1 unspecified atom stereocenters. The molecule has 0 bridgehead atoms. The second-order valence-corrected chi connectivity index (χ2v) is 4.09. The maximum atomic E-state index is 13.1. The summed E-state index contributed by atoms with van der Waals surface area (Å²) in [6.45, 7) is 5.44. The molecule has 0 aliphatic carbocycles. The van der Waals surface area contributed by atoms with Gasteiger partial charge in [-0.3, -0.25) is 0 Å². The molecule has 1 atom stereocenters. The summed E-state index contributed by atoms with van der Waals surface area (Å²) in [7, 11) is 0. The molecule has 0 amide bonds. The van der Waals surface area contributed by atoms with E-state index in [9.17, 15) is 4.39 Å². The Hall–Kier alpha value is -0.930. The fraction of sp³-hybridized carbons (Fsp3) is 0.364. The van der Waals surface area contributed by atoms with Gasteiger partial charge in [-0.05, 0) is 31.4 Å². The summed E-state index contributed by atoms with van der Waals surface area (Å²) in [6, 6.07) is 1.65. The second kappa shape index (κ2) is 4.73. The molecule has 0 radical (unpaired) electrons. The van der Waals surface area contributed by atoms with Gasteiger partial charge in [-0.15, -0.1) is 6.58 Å². The number of hydrogen-bond acceptors (Lipinski definition) is 2. The largest absolute Gasteiger partial charge is 0.322 e. The number of halogens is 2. The lowest BCUT2D eigenvalue weighted by Crippen LogP contribution is -2.33. The third-order valence-electron chi connectivity index (χ3n) is 2.33. The first kappa shape index (κ1) is 12.1. The molecular weight excluding hydrogens is 215 g/mol. The lowest BCUT2D eigenvalue weighted by Gasteiger charge is -2.25. The van der Waals surface area contributed by atoms with Crippen molar-refractivity contribution in [3.63, 3.8) is 0 Å². The van der Waals surface area contributed by atoms with Gasteiger partial charge in [0, 0.05) is 11.7 Å². The quantitative estimate of drug-likeness (QED) is 0.636. The molecule has 15 heavy (non-hydrogen) atoms. The van der Waals surface area contributed by atoms with E-state index in [0.717, 1.165) is 6.42 Å². The van der Waals surface area contributed by atoms with Gasteiger partial charge in [-0.1, -0.05) is 17.7 Å². The van der Waals surface area contributed by atoms with Crippen LogP contribution in [0.25, 0.3) is 0 Å². The second-order valence-electron chi connectivity index (χ2n) is 3.71. The molecule has 0 aliphatic heterocycles. The van der Waals surface area contributed by atoms with E-state index in [1.807, 2.05) is 6.92 Å². The number of pyridine rings is 1. The van der Waals surface area contributed by atoms with Crippen molar-refractivity contribution in [1.29, 1.82) is 0 Å². The van der Waals surface area contributed by atoms with Gasteiger partial charge in [0.05, 0.1) is 0 Å². The lowest BCUT2D eigenvalue weighted by atomic mass is 9.89. The molecule has 82 valence electrons. The summed E-state index contributed by atoms with van der Waals surface area (Å²) in [5.74, 6) is -0.676. The predicted octanol–water partition coefficient (Wildman–Crippen LogP) is 3.01. The van der Waals surface area contributed by atoms with Crippen LogP contribution in [-0.4, -0.2) is 4.98 Å². The highest BCUT2D eigenvalue weighted by molar-refractivity contribution is 6.31. The fourth-order valence-electron chi connectivity index (χ4n) is 1.40. The summed E-state index contributed by atoms with van der Waals surface area (Å²) in [4.78, 5) is 3.46. The summed E-state index contributed by atoms with van der Waals surface area (Å²) >= 11 is 5.81. The van der Waals surface area contributed by atoms with E-state index in [1.54, 1.807) is 12.1 Å². The Morgan fingerprint density at radius 2 is 2.40 bits per heavy atom. The Kier molecular flexibility index (Phi) is 3.83. The standard InChI is InChI=1S/C11H14ClFN2/c1-3-4-6-11(2,14)8-5-7-15-10(13)9(8)12/h3,5,7H,1,4,6,14H2,2H3. The smallest absolute Gasteiger partial charge is 0.231 e. The molecule has 0 spiro atoms. The van der Waals surface area contributed by atoms with Gasteiger partial charge in [-0.25, -0.2) is 4.98 Å². The normalized spacial score (nSPS) is 14.7. The number of nitrogens with zero attached hydrogens (tertiary/aromatic N) is 1. The van der Waals surface area contributed by atoms with Crippen molar-refractivity contribution in [3.8, 4) is 0 Å². The van der Waals surface area contributed by atoms with Crippen LogP contribution in [0.5, 0.6) is 0 Å². The third-order valence-corrected chi connectivity index (χ3v) is 2.69. The first-order valence-electron chi connectivity index (χ1n) is 4.69. The Labute approximate surface area is 94.0 Å². The molecule has 1 aromatic heterocycles. The predicted molar refractivity (Wildman–Crippen MR) is 60.2 cm³/mol. The van der Waals surface area contributed by atoms with Crippen molar-refractivity contribution in [2.45, 2.75) is 25.3 Å². The Balaban J connectivity index is 3.03. The maximum absolute atomic E-state index is 13.1. The highest BCUT2D eigenvalue weighted by Gasteiger charge is 2.24. The van der Waals surface area contributed by atoms with E-state index in [-0.39, 0.29) is 5.02 Å². The first-order chi connectivity index (χ1) is 6.99. The molecule has 0 aromatic carbocycles. The average molecular weight is 229 g/mol. The SMILES string of the molecule is C=CCCC(C)(N)c1ccnc(F)c1Cl. The number of aromatic nitrogens is 1. The van der Waals surface area contributed by atoms with Gasteiger partial charge in [0.1, 0.15) is 5.02 Å². The van der Waals surface area contributed by atoms with E-state index in [4.69, 9.17) is 17.3 Å². The van der Waals surface area contributed by atoms with E-state index in [0.29, 0.717) is 12.0 Å².